The Kier molecular flexibility index (Phi) is 6.05. The second-order valence-corrected chi connectivity index (χ2v) is 12.0. The molecule has 2 fully saturated rings. The van der Waals surface area contributed by atoms with E-state index in [9.17, 15) is 4.21 Å². The molecule has 0 aromatic rings. The molecule has 0 aromatic heterocycles. The molecule has 31 heavy (non-hydrogen) atoms. The predicted octanol–water partition coefficient (Wildman–Crippen LogP) is 4.85. The van der Waals surface area contributed by atoms with E-state index in [0.29, 0.717) is 24.2 Å². The van der Waals surface area contributed by atoms with Crippen molar-refractivity contribution in [3.05, 3.63) is 34.9 Å². The van der Waals surface area contributed by atoms with Crippen molar-refractivity contribution in [2.75, 3.05) is 0 Å². The van der Waals surface area contributed by atoms with Gasteiger partial charge in [-0.3, -0.25) is 4.21 Å². The fourth-order valence-electron chi connectivity index (χ4n) is 7.23. The summed E-state index contributed by atoms with van der Waals surface area (Å²) in [5.41, 5.74) is 4.47. The van der Waals surface area contributed by atoms with Crippen LogP contribution in [0.4, 0.5) is 0 Å². The molecule has 4 aliphatic rings. The highest BCUT2D eigenvalue weighted by Gasteiger charge is 2.57. The molecular weight excluding hydrogens is 418 g/mol. The number of fused-ring (bicyclic) bond motifs is 5. The van der Waals surface area contributed by atoms with Gasteiger partial charge in [0.1, 0.15) is 0 Å². The second-order valence-electron chi connectivity index (χ2n) is 10.3. The van der Waals surface area contributed by atoms with Crippen LogP contribution >= 0.6 is 11.9 Å². The van der Waals surface area contributed by atoms with Gasteiger partial charge in [-0.05, 0) is 75.0 Å². The summed E-state index contributed by atoms with van der Waals surface area (Å²) < 4.78 is 33.7. The molecule has 2 saturated carbocycles. The van der Waals surface area contributed by atoms with Gasteiger partial charge in [0.25, 0.3) is 0 Å². The van der Waals surface area contributed by atoms with Crippen LogP contribution in [0.1, 0.15) is 65.7 Å². The molecule has 4 aliphatic carbocycles. The van der Waals surface area contributed by atoms with Gasteiger partial charge < -0.3 is 4.18 Å². The molecule has 0 aromatic carbocycles. The largest absolute Gasteiger partial charge is 0.324 e. The molecule has 4 rings (SSSR count). The first-order chi connectivity index (χ1) is 15.8. The van der Waals surface area contributed by atoms with E-state index in [0.717, 1.165) is 57.5 Å². The van der Waals surface area contributed by atoms with Gasteiger partial charge in [0.05, 0.1) is 6.10 Å². The fourth-order valence-corrected chi connectivity index (χ4v) is 8.35. The first kappa shape index (κ1) is 20.9. The highest BCUT2D eigenvalue weighted by molar-refractivity contribution is 8.15. The number of hydrogen-bond donors (Lipinski definition) is 0. The fraction of sp³-hybridized carbons (Fsp3) is 0.680. The molecule has 0 saturated heterocycles. The minimum absolute atomic E-state index is 0.0984. The highest BCUT2D eigenvalue weighted by atomic mass is 32.2. The summed E-state index contributed by atoms with van der Waals surface area (Å²) in [5, 5.41) is -0.0984. The van der Waals surface area contributed by atoms with Crippen LogP contribution in [0.2, 0.25) is 0 Å². The van der Waals surface area contributed by atoms with Crippen molar-refractivity contribution in [1.82, 2.24) is 0 Å². The third kappa shape index (κ3) is 3.77. The number of rotatable bonds is 8. The summed E-state index contributed by atoms with van der Waals surface area (Å²) in [4.78, 5) is 0. The maximum Gasteiger partial charge on any atom is 0.216 e. The topological polar surface area (TPSA) is 26.3 Å². The molecule has 0 amide bonds. The number of terminal acetylenes is 1. The van der Waals surface area contributed by atoms with Gasteiger partial charge in [0.2, 0.25) is 14.2 Å². The quantitative estimate of drug-likeness (QED) is 0.226. The van der Waals surface area contributed by atoms with E-state index in [1.807, 2.05) is 0 Å². The first-order valence-corrected chi connectivity index (χ1v) is 13.6. The molecule has 0 bridgehead atoms. The normalized spacial score (nSPS) is 41.5. The Morgan fingerprint density at radius 2 is 2.29 bits per heavy atom. The molecule has 0 spiro atoms. The average Bonchev–Trinajstić information content (AvgIpc) is 3.17. The standard InChI is InChI=1S/C25H34B2O2S2/c1-5-6-7-16(2)20-10-11-21-19-9-8-17-14-18(31(27)28)15-23(29-30-26)25(17,4)22(19)12-13-24(20,21)3/h1,8-10,16,18,21-23,26-27H,6-7,11-15H2,2-4H3/t16?,18-,21?,22?,23+,24-,25+,31?/m1/s1/i26T,27T. The van der Waals surface area contributed by atoms with Crippen LogP contribution in [0, 0.1) is 40.9 Å². The monoisotopic (exact) mass is 456 g/mol. The van der Waals surface area contributed by atoms with E-state index >= 15 is 0 Å². The second kappa shape index (κ2) is 8.96. The lowest BCUT2D eigenvalue weighted by atomic mass is 9.49. The van der Waals surface area contributed by atoms with E-state index in [2.05, 4.69) is 44.9 Å². The van der Waals surface area contributed by atoms with Crippen LogP contribution < -0.4 is 0 Å². The van der Waals surface area contributed by atoms with E-state index in [1.165, 1.54) is 12.7 Å². The summed E-state index contributed by atoms with van der Waals surface area (Å²) in [7, 11) is 1.00. The molecule has 164 valence electrons. The van der Waals surface area contributed by atoms with Gasteiger partial charge in [0.15, 0.2) is 0 Å². The van der Waals surface area contributed by atoms with Crippen LogP contribution in [0.15, 0.2) is 34.9 Å². The zero-order chi connectivity index (χ0) is 23.8. The maximum atomic E-state index is 12.5. The zero-order valence-electron chi connectivity index (χ0n) is 20.9. The van der Waals surface area contributed by atoms with Crippen molar-refractivity contribution in [1.29, 1.82) is 2.67 Å². The summed E-state index contributed by atoms with van der Waals surface area (Å²) in [6.07, 6.45) is 19.2. The Morgan fingerprint density at radius 3 is 3.03 bits per heavy atom. The zero-order valence-corrected chi connectivity index (χ0v) is 20.6. The van der Waals surface area contributed by atoms with E-state index in [4.69, 9.17) is 13.3 Å². The molecule has 6 heteroatoms. The molecular formula is C25H34B2O2S2. The van der Waals surface area contributed by atoms with Crippen molar-refractivity contribution in [2.24, 2.45) is 28.6 Å². The lowest BCUT2D eigenvalue weighted by molar-refractivity contribution is 0.0148. The summed E-state index contributed by atoms with van der Waals surface area (Å²) >= 11 is 1.07. The highest BCUT2D eigenvalue weighted by Crippen LogP contribution is 2.65. The average molecular weight is 456 g/mol. The van der Waals surface area contributed by atoms with Gasteiger partial charge in [-0.25, -0.2) is 0 Å². The lowest BCUT2D eigenvalue weighted by Crippen LogP contribution is -2.53. The molecule has 2 nitrogen and oxygen atoms in total. The molecule has 0 N–H and O–H groups in total. The van der Waals surface area contributed by atoms with E-state index < -0.39 is 10.7 Å². The minimum atomic E-state index is -1.30. The Bertz CT molecular complexity index is 930. The van der Waals surface area contributed by atoms with Gasteiger partial charge in [-0.2, -0.15) is 0 Å². The molecule has 0 heterocycles. The van der Waals surface area contributed by atoms with Crippen LogP contribution in [0.5, 0.6) is 0 Å². The first-order valence-electron chi connectivity index (χ1n) is 12.6. The predicted molar refractivity (Wildman–Crippen MR) is 136 cm³/mol. The lowest BCUT2D eigenvalue weighted by Gasteiger charge is -2.57. The summed E-state index contributed by atoms with van der Waals surface area (Å²) in [5.74, 6) is 4.24. The molecule has 0 aliphatic heterocycles. The Labute approximate surface area is 200 Å². The smallest absolute Gasteiger partial charge is 0.216 e. The van der Waals surface area contributed by atoms with Gasteiger partial charge >= 0.3 is 0 Å². The van der Waals surface area contributed by atoms with Crippen molar-refractivity contribution >= 4 is 36.7 Å². The molecule has 8 atom stereocenters. The van der Waals surface area contributed by atoms with Crippen LogP contribution in [0.3, 0.4) is 0 Å². The Hall–Kier alpha value is -0.630. The summed E-state index contributed by atoms with van der Waals surface area (Å²) in [6, 6.07) is 0. The van der Waals surface area contributed by atoms with Crippen LogP contribution in [-0.4, -0.2) is 32.4 Å². The van der Waals surface area contributed by atoms with E-state index in [1.54, 1.807) is 11.1 Å². The van der Waals surface area contributed by atoms with Crippen molar-refractivity contribution < 1.29 is 8.39 Å². The van der Waals surface area contributed by atoms with Crippen molar-refractivity contribution in [3.8, 4) is 12.3 Å². The maximum absolute atomic E-state index is 12.5. The van der Waals surface area contributed by atoms with Gasteiger partial charge in [-0.1, -0.05) is 67.6 Å². The van der Waals surface area contributed by atoms with E-state index in [-0.39, 0.29) is 22.2 Å². The Balaban J connectivity index is 1.65. The number of hydrogen-bond acceptors (Lipinski definition) is 3. The van der Waals surface area contributed by atoms with Crippen molar-refractivity contribution in [2.45, 2.75) is 77.1 Å². The Morgan fingerprint density at radius 1 is 1.45 bits per heavy atom. The van der Waals surface area contributed by atoms with Crippen LogP contribution in [-0.2, 0) is 14.8 Å². The third-order valence-electron chi connectivity index (χ3n) is 9.00. The van der Waals surface area contributed by atoms with Crippen LogP contribution in [0.25, 0.3) is 0 Å². The summed E-state index contributed by atoms with van der Waals surface area (Å²) in [6.45, 7) is 7.13. The van der Waals surface area contributed by atoms with Gasteiger partial charge in [-0.15, -0.1) is 12.3 Å². The SMILES string of the molecule is [3H][B]SO[C@H]1C[C@H](S(=O)[B][3H])CC2=CC=C3C(CC[C@]4(C)C(C(C)CCC#C)=CCC34)[C@]21C. The number of allylic oxidation sites excluding steroid dienone is 5. The van der Waals surface area contributed by atoms with Gasteiger partial charge in [0, 0.05) is 17.1 Å². The minimum Gasteiger partial charge on any atom is -0.324 e. The third-order valence-corrected chi connectivity index (χ3v) is 10.4. The molecule has 4 unspecified atom stereocenters. The van der Waals surface area contributed by atoms with Crippen molar-refractivity contribution in [3.63, 3.8) is 0 Å². The molecule has 2 radical (unpaired) electrons.